The monoisotopic (exact) mass is 233 g/mol. The van der Waals surface area contributed by atoms with Crippen LogP contribution in [0.5, 0.6) is 0 Å². The molecule has 0 spiro atoms. The van der Waals surface area contributed by atoms with Crippen LogP contribution < -0.4 is 5.32 Å². The van der Waals surface area contributed by atoms with Crippen molar-refractivity contribution in [3.63, 3.8) is 0 Å². The molecule has 86 valence electrons. The molecular weight excluding hydrogens is 225 g/mol. The Labute approximate surface area is 96.4 Å². The number of imide groups is 1. The van der Waals surface area contributed by atoms with Gasteiger partial charge in [0.05, 0.1) is 11.6 Å². The van der Waals surface area contributed by atoms with Gasteiger partial charge in [-0.25, -0.2) is 9.18 Å². The second-order valence-electron chi connectivity index (χ2n) is 3.67. The topological polar surface area (TPSA) is 73.2 Å². The zero-order valence-corrected chi connectivity index (χ0v) is 8.74. The third kappa shape index (κ3) is 2.39. The SMILES string of the molecule is N#Cc1cc(F)cc(CN2CC(=O)NC2=O)c1. The van der Waals surface area contributed by atoms with Gasteiger partial charge in [0.25, 0.3) is 0 Å². The fraction of sp³-hybridized carbons (Fsp3) is 0.182. The van der Waals surface area contributed by atoms with Gasteiger partial charge in [-0.2, -0.15) is 5.26 Å². The minimum atomic E-state index is -0.537. The third-order valence-electron chi connectivity index (χ3n) is 2.33. The molecule has 0 unspecified atom stereocenters. The number of nitrogens with zero attached hydrogens (tertiary/aromatic N) is 2. The summed E-state index contributed by atoms with van der Waals surface area (Å²) in [5, 5.41) is 10.8. The highest BCUT2D eigenvalue weighted by Gasteiger charge is 2.26. The maximum atomic E-state index is 13.1. The molecule has 0 radical (unpaired) electrons. The van der Waals surface area contributed by atoms with Gasteiger partial charge >= 0.3 is 6.03 Å². The molecule has 1 aliphatic heterocycles. The number of rotatable bonds is 2. The van der Waals surface area contributed by atoms with E-state index in [-0.39, 0.29) is 24.6 Å². The van der Waals surface area contributed by atoms with E-state index in [9.17, 15) is 14.0 Å². The number of hydrogen-bond donors (Lipinski definition) is 1. The standard InChI is InChI=1S/C11H8FN3O2/c12-9-2-7(4-13)1-8(3-9)5-15-6-10(16)14-11(15)17/h1-3H,5-6H2,(H,14,16,17). The summed E-state index contributed by atoms with van der Waals surface area (Å²) in [4.78, 5) is 23.5. The number of benzene rings is 1. The van der Waals surface area contributed by atoms with Crippen LogP contribution in [0.15, 0.2) is 18.2 Å². The summed E-state index contributed by atoms with van der Waals surface area (Å²) in [5.41, 5.74) is 0.664. The lowest BCUT2D eigenvalue weighted by atomic mass is 10.1. The Morgan fingerprint density at radius 2 is 2.18 bits per heavy atom. The van der Waals surface area contributed by atoms with Gasteiger partial charge in [0.15, 0.2) is 0 Å². The number of carbonyl (C=O) groups is 2. The Balaban J connectivity index is 2.19. The molecule has 0 aliphatic carbocycles. The number of amides is 3. The van der Waals surface area contributed by atoms with Crippen LogP contribution in [0.3, 0.4) is 0 Å². The van der Waals surface area contributed by atoms with E-state index in [1.165, 1.54) is 17.0 Å². The number of urea groups is 1. The van der Waals surface area contributed by atoms with Crippen LogP contribution in [0.4, 0.5) is 9.18 Å². The van der Waals surface area contributed by atoms with Crippen LogP contribution in [0.1, 0.15) is 11.1 Å². The molecule has 2 rings (SSSR count). The van der Waals surface area contributed by atoms with Gasteiger partial charge in [-0.3, -0.25) is 10.1 Å². The summed E-state index contributed by atoms with van der Waals surface area (Å²) < 4.78 is 13.1. The Kier molecular flexibility index (Phi) is 2.75. The van der Waals surface area contributed by atoms with Crippen LogP contribution in [0, 0.1) is 17.1 Å². The number of carbonyl (C=O) groups excluding carboxylic acids is 2. The summed E-state index contributed by atoms with van der Waals surface area (Å²) in [6, 6.07) is 5.15. The maximum Gasteiger partial charge on any atom is 0.324 e. The van der Waals surface area contributed by atoms with Crippen molar-refractivity contribution >= 4 is 11.9 Å². The number of hydrogen-bond acceptors (Lipinski definition) is 3. The van der Waals surface area contributed by atoms with Gasteiger partial charge in [-0.05, 0) is 23.8 Å². The average Bonchev–Trinajstić information content (AvgIpc) is 2.56. The van der Waals surface area contributed by atoms with Gasteiger partial charge in [0.1, 0.15) is 12.4 Å². The van der Waals surface area contributed by atoms with Crippen molar-refractivity contribution in [2.75, 3.05) is 6.54 Å². The molecule has 1 heterocycles. The van der Waals surface area contributed by atoms with Crippen LogP contribution in [0.2, 0.25) is 0 Å². The van der Waals surface area contributed by atoms with E-state index >= 15 is 0 Å². The molecule has 0 atom stereocenters. The van der Waals surface area contributed by atoms with E-state index in [2.05, 4.69) is 5.32 Å². The van der Waals surface area contributed by atoms with E-state index in [4.69, 9.17) is 5.26 Å². The second kappa shape index (κ2) is 4.22. The summed E-state index contributed by atoms with van der Waals surface area (Å²) in [5.74, 6) is -0.920. The first-order valence-electron chi connectivity index (χ1n) is 4.87. The van der Waals surface area contributed by atoms with Gasteiger partial charge in [0.2, 0.25) is 5.91 Å². The largest absolute Gasteiger partial charge is 0.324 e. The lowest BCUT2D eigenvalue weighted by Gasteiger charge is -2.13. The van der Waals surface area contributed by atoms with Crippen molar-refractivity contribution < 1.29 is 14.0 Å². The van der Waals surface area contributed by atoms with Crippen molar-refractivity contribution in [3.8, 4) is 6.07 Å². The van der Waals surface area contributed by atoms with Gasteiger partial charge in [-0.1, -0.05) is 0 Å². The predicted octanol–water partition coefficient (Wildman–Crippen LogP) is 0.749. The molecule has 17 heavy (non-hydrogen) atoms. The van der Waals surface area contributed by atoms with Gasteiger partial charge in [0, 0.05) is 6.54 Å². The highest BCUT2D eigenvalue weighted by Crippen LogP contribution is 2.12. The van der Waals surface area contributed by atoms with Gasteiger partial charge in [-0.15, -0.1) is 0 Å². The number of nitriles is 1. The maximum absolute atomic E-state index is 13.1. The second-order valence-corrected chi connectivity index (χ2v) is 3.67. The Morgan fingerprint density at radius 1 is 1.41 bits per heavy atom. The first-order chi connectivity index (χ1) is 8.08. The normalized spacial score (nSPS) is 14.7. The van der Waals surface area contributed by atoms with Gasteiger partial charge < -0.3 is 4.90 Å². The molecule has 6 heteroatoms. The predicted molar refractivity (Wildman–Crippen MR) is 55.1 cm³/mol. The average molecular weight is 233 g/mol. The van der Waals surface area contributed by atoms with Crippen LogP contribution in [0.25, 0.3) is 0 Å². The molecule has 1 aromatic carbocycles. The smallest absolute Gasteiger partial charge is 0.311 e. The summed E-state index contributed by atoms with van der Waals surface area (Å²) in [6.07, 6.45) is 0. The molecular formula is C11H8FN3O2. The van der Waals surface area contributed by atoms with Crippen LogP contribution in [-0.2, 0) is 11.3 Å². The Hall–Kier alpha value is -2.42. The molecule has 1 aromatic rings. The lowest BCUT2D eigenvalue weighted by Crippen LogP contribution is -2.27. The quantitative estimate of drug-likeness (QED) is 0.766. The molecule has 0 bridgehead atoms. The molecule has 0 aromatic heterocycles. The molecule has 1 fully saturated rings. The molecule has 0 saturated carbocycles. The molecule has 5 nitrogen and oxygen atoms in total. The van der Waals surface area contributed by atoms with Crippen LogP contribution >= 0.6 is 0 Å². The van der Waals surface area contributed by atoms with Crippen molar-refractivity contribution in [2.24, 2.45) is 0 Å². The Bertz CT molecular complexity index is 536. The summed E-state index contributed by atoms with van der Waals surface area (Å²) in [7, 11) is 0. The van der Waals surface area contributed by atoms with Crippen molar-refractivity contribution in [3.05, 3.63) is 35.1 Å². The van der Waals surface area contributed by atoms with Crippen molar-refractivity contribution in [1.82, 2.24) is 10.2 Å². The summed E-state index contributed by atoms with van der Waals surface area (Å²) >= 11 is 0. The van der Waals surface area contributed by atoms with Crippen LogP contribution in [-0.4, -0.2) is 23.4 Å². The number of halogens is 1. The highest BCUT2D eigenvalue weighted by molar-refractivity contribution is 6.01. The third-order valence-corrected chi connectivity index (χ3v) is 2.33. The first-order valence-corrected chi connectivity index (χ1v) is 4.87. The lowest BCUT2D eigenvalue weighted by molar-refractivity contribution is -0.118. The fourth-order valence-electron chi connectivity index (χ4n) is 1.64. The Morgan fingerprint density at radius 3 is 2.76 bits per heavy atom. The molecule has 1 N–H and O–H groups in total. The number of nitrogens with one attached hydrogen (secondary N) is 1. The zero-order valence-electron chi connectivity index (χ0n) is 8.74. The molecule has 1 aliphatic rings. The molecule has 1 saturated heterocycles. The minimum absolute atomic E-state index is 0.0444. The van der Waals surface area contributed by atoms with Crippen molar-refractivity contribution in [2.45, 2.75) is 6.54 Å². The van der Waals surface area contributed by atoms with E-state index < -0.39 is 11.8 Å². The molecule has 3 amide bonds. The highest BCUT2D eigenvalue weighted by atomic mass is 19.1. The fourth-order valence-corrected chi connectivity index (χ4v) is 1.64. The van der Waals surface area contributed by atoms with E-state index in [0.717, 1.165) is 6.07 Å². The first kappa shape index (κ1) is 11.1. The van der Waals surface area contributed by atoms with Crippen molar-refractivity contribution in [1.29, 1.82) is 5.26 Å². The van der Waals surface area contributed by atoms with E-state index in [1.807, 2.05) is 6.07 Å². The summed E-state index contributed by atoms with van der Waals surface area (Å²) in [6.45, 7) is 0.0568. The minimum Gasteiger partial charge on any atom is -0.311 e. The van der Waals surface area contributed by atoms with E-state index in [1.54, 1.807) is 0 Å². The van der Waals surface area contributed by atoms with E-state index in [0.29, 0.717) is 5.56 Å². The zero-order chi connectivity index (χ0) is 12.4.